The van der Waals surface area contributed by atoms with E-state index in [9.17, 15) is 17.6 Å². The van der Waals surface area contributed by atoms with Gasteiger partial charge in [-0.2, -0.15) is 13.2 Å². The summed E-state index contributed by atoms with van der Waals surface area (Å²) in [5.74, 6) is -1.27. The Balaban J connectivity index is 2.90. The number of hydrogen-bond donors (Lipinski definition) is 1. The number of hydrogen-bond acceptors (Lipinski definition) is 1. The molecule has 0 saturated carbocycles. The molecule has 0 saturated heterocycles. The zero-order valence-corrected chi connectivity index (χ0v) is 8.68. The van der Waals surface area contributed by atoms with E-state index in [0.717, 1.165) is 12.1 Å². The molecule has 0 heterocycles. The second-order valence-corrected chi connectivity index (χ2v) is 3.70. The molecule has 90 valence electrons. The van der Waals surface area contributed by atoms with Crippen molar-refractivity contribution in [2.45, 2.75) is 32.0 Å². The van der Waals surface area contributed by atoms with Crippen molar-refractivity contribution in [1.29, 1.82) is 0 Å². The summed E-state index contributed by atoms with van der Waals surface area (Å²) in [6.07, 6.45) is -4.62. The Bertz CT molecular complexity index is 357. The van der Waals surface area contributed by atoms with Crippen molar-refractivity contribution in [2.75, 3.05) is 0 Å². The highest BCUT2D eigenvalue weighted by atomic mass is 19.4. The molecule has 1 rings (SSSR count). The van der Waals surface area contributed by atoms with E-state index >= 15 is 0 Å². The second-order valence-electron chi connectivity index (χ2n) is 3.70. The van der Waals surface area contributed by atoms with Crippen LogP contribution in [-0.4, -0.2) is 11.2 Å². The highest BCUT2D eigenvalue weighted by Crippen LogP contribution is 2.32. The molecule has 0 spiro atoms. The Hall–Kier alpha value is -1.10. The van der Waals surface area contributed by atoms with Crippen LogP contribution in [0, 0.1) is 5.82 Å². The summed E-state index contributed by atoms with van der Waals surface area (Å²) in [6.45, 7) is 1.55. The molecule has 1 nitrogen and oxygen atoms in total. The van der Waals surface area contributed by atoms with Crippen molar-refractivity contribution >= 4 is 0 Å². The Morgan fingerprint density at radius 2 is 1.94 bits per heavy atom. The first-order chi connectivity index (χ1) is 7.30. The molecule has 0 bridgehead atoms. The predicted molar refractivity (Wildman–Crippen MR) is 51.4 cm³/mol. The Kier molecular flexibility index (Phi) is 3.91. The summed E-state index contributed by atoms with van der Waals surface area (Å²) in [7, 11) is 0. The van der Waals surface area contributed by atoms with Crippen LogP contribution in [0.2, 0.25) is 0 Å². The van der Waals surface area contributed by atoms with Gasteiger partial charge in [-0.15, -0.1) is 0 Å². The first-order valence-corrected chi connectivity index (χ1v) is 4.84. The summed E-state index contributed by atoms with van der Waals surface area (Å²) in [4.78, 5) is 0. The van der Waals surface area contributed by atoms with Crippen molar-refractivity contribution < 1.29 is 22.7 Å². The highest BCUT2D eigenvalue weighted by Gasteiger charge is 2.34. The van der Waals surface area contributed by atoms with E-state index in [1.54, 1.807) is 6.92 Å². The van der Waals surface area contributed by atoms with Gasteiger partial charge in [0.1, 0.15) is 5.82 Å². The molecule has 0 aliphatic rings. The molecule has 0 fully saturated rings. The van der Waals surface area contributed by atoms with Gasteiger partial charge >= 0.3 is 6.18 Å². The van der Waals surface area contributed by atoms with Crippen molar-refractivity contribution in [1.82, 2.24) is 0 Å². The van der Waals surface area contributed by atoms with E-state index < -0.39 is 23.7 Å². The van der Waals surface area contributed by atoms with Gasteiger partial charge < -0.3 is 5.11 Å². The van der Waals surface area contributed by atoms with Crippen molar-refractivity contribution in [3.8, 4) is 0 Å². The lowest BCUT2D eigenvalue weighted by atomic mass is 10.0. The lowest BCUT2D eigenvalue weighted by Crippen LogP contribution is -2.09. The summed E-state index contributed by atoms with van der Waals surface area (Å²) in [5.41, 5.74) is -0.884. The maximum absolute atomic E-state index is 12.9. The van der Waals surface area contributed by atoms with Gasteiger partial charge in [0.2, 0.25) is 0 Å². The van der Waals surface area contributed by atoms with Gasteiger partial charge in [-0.25, -0.2) is 4.39 Å². The summed E-state index contributed by atoms with van der Waals surface area (Å²) in [6, 6.07) is 2.89. The smallest absolute Gasteiger partial charge is 0.393 e. The van der Waals surface area contributed by atoms with Crippen LogP contribution in [0.15, 0.2) is 18.2 Å². The number of aliphatic hydroxyl groups excluding tert-OH is 1. The Morgan fingerprint density at radius 3 is 2.44 bits per heavy atom. The maximum atomic E-state index is 12.9. The molecule has 1 aromatic carbocycles. The third kappa shape index (κ3) is 3.48. The number of alkyl halides is 3. The molecule has 0 aromatic heterocycles. The first-order valence-electron chi connectivity index (χ1n) is 4.84. The minimum absolute atomic E-state index is 0.293. The number of rotatable bonds is 3. The van der Waals surface area contributed by atoms with Gasteiger partial charge in [-0.05, 0) is 37.5 Å². The summed E-state index contributed by atoms with van der Waals surface area (Å²) in [5, 5.41) is 9.00. The minimum Gasteiger partial charge on any atom is -0.393 e. The number of aryl methyl sites for hydroxylation is 1. The highest BCUT2D eigenvalue weighted by molar-refractivity contribution is 5.27. The number of benzene rings is 1. The molecule has 0 aliphatic heterocycles. The topological polar surface area (TPSA) is 20.2 Å². The zero-order chi connectivity index (χ0) is 12.3. The van der Waals surface area contributed by atoms with E-state index in [4.69, 9.17) is 5.11 Å². The monoisotopic (exact) mass is 236 g/mol. The Labute approximate surface area is 90.7 Å². The zero-order valence-electron chi connectivity index (χ0n) is 8.68. The average molecular weight is 236 g/mol. The van der Waals surface area contributed by atoms with Gasteiger partial charge in [0.15, 0.2) is 0 Å². The second kappa shape index (κ2) is 4.82. The van der Waals surface area contributed by atoms with E-state index in [0.29, 0.717) is 18.4 Å². The maximum Gasteiger partial charge on any atom is 0.419 e. The van der Waals surface area contributed by atoms with Crippen LogP contribution in [0.5, 0.6) is 0 Å². The van der Waals surface area contributed by atoms with Crippen molar-refractivity contribution in [3.05, 3.63) is 35.1 Å². The molecular weight excluding hydrogens is 224 g/mol. The third-order valence-corrected chi connectivity index (χ3v) is 2.19. The molecule has 5 heteroatoms. The van der Waals surface area contributed by atoms with Crippen molar-refractivity contribution in [2.24, 2.45) is 0 Å². The third-order valence-electron chi connectivity index (χ3n) is 2.19. The molecule has 16 heavy (non-hydrogen) atoms. The van der Waals surface area contributed by atoms with Gasteiger partial charge in [-0.3, -0.25) is 0 Å². The van der Waals surface area contributed by atoms with Crippen LogP contribution in [0.25, 0.3) is 0 Å². The number of aliphatic hydroxyl groups is 1. The van der Waals surface area contributed by atoms with E-state index in [1.165, 1.54) is 6.07 Å². The standard InChI is InChI=1S/C11H12F4O/c1-7(16)2-3-8-4-5-10(12)9(6-8)11(13,14)15/h4-7,16H,2-3H2,1H3. The van der Waals surface area contributed by atoms with Crippen molar-refractivity contribution in [3.63, 3.8) is 0 Å². The fourth-order valence-corrected chi connectivity index (χ4v) is 1.32. The first kappa shape index (κ1) is 13.0. The van der Waals surface area contributed by atoms with Crippen LogP contribution >= 0.6 is 0 Å². The largest absolute Gasteiger partial charge is 0.419 e. The fourth-order valence-electron chi connectivity index (χ4n) is 1.32. The molecule has 1 N–H and O–H groups in total. The molecule has 1 unspecified atom stereocenters. The van der Waals surface area contributed by atoms with E-state index in [-0.39, 0.29) is 0 Å². The molecular formula is C11H12F4O. The van der Waals surface area contributed by atoms with Crippen LogP contribution in [-0.2, 0) is 12.6 Å². The van der Waals surface area contributed by atoms with Crippen LogP contribution < -0.4 is 0 Å². The average Bonchev–Trinajstić information content (AvgIpc) is 2.14. The van der Waals surface area contributed by atoms with E-state index in [1.807, 2.05) is 0 Å². The lowest BCUT2D eigenvalue weighted by Gasteiger charge is -2.10. The fraction of sp³-hybridized carbons (Fsp3) is 0.455. The molecule has 0 amide bonds. The van der Waals surface area contributed by atoms with Gasteiger partial charge in [0, 0.05) is 0 Å². The normalized spacial score (nSPS) is 13.9. The summed E-state index contributed by atoms with van der Waals surface area (Å²) >= 11 is 0. The van der Waals surface area contributed by atoms with Gasteiger partial charge in [0.25, 0.3) is 0 Å². The molecule has 1 atom stereocenters. The minimum atomic E-state index is -4.68. The Morgan fingerprint density at radius 1 is 1.31 bits per heavy atom. The van der Waals surface area contributed by atoms with Crippen LogP contribution in [0.1, 0.15) is 24.5 Å². The molecule has 0 radical (unpaired) electrons. The SMILES string of the molecule is CC(O)CCc1ccc(F)c(C(F)(F)F)c1. The number of halogens is 4. The van der Waals surface area contributed by atoms with Crippen LogP contribution in [0.4, 0.5) is 17.6 Å². The van der Waals surface area contributed by atoms with Gasteiger partial charge in [0.05, 0.1) is 11.7 Å². The lowest BCUT2D eigenvalue weighted by molar-refractivity contribution is -0.140. The van der Waals surface area contributed by atoms with Gasteiger partial charge in [-0.1, -0.05) is 6.07 Å². The molecule has 0 aliphatic carbocycles. The quantitative estimate of drug-likeness (QED) is 0.799. The predicted octanol–water partition coefficient (Wildman–Crippen LogP) is 3.16. The van der Waals surface area contributed by atoms with E-state index in [2.05, 4.69) is 0 Å². The van der Waals surface area contributed by atoms with Crippen LogP contribution in [0.3, 0.4) is 0 Å². The molecule has 1 aromatic rings. The summed E-state index contributed by atoms with van der Waals surface area (Å²) < 4.78 is 49.9.